The maximum atomic E-state index is 11.7. The third-order valence-corrected chi connectivity index (χ3v) is 5.59. The number of rotatable bonds is 9. The maximum absolute atomic E-state index is 11.7. The summed E-state index contributed by atoms with van der Waals surface area (Å²) in [6.45, 7) is 5.55. The fourth-order valence-electron chi connectivity index (χ4n) is 3.75. The molecule has 4 rings (SSSR count). The first-order chi connectivity index (χ1) is 17.3. The number of ether oxygens (including phenoxy) is 2. The predicted octanol–water partition coefficient (Wildman–Crippen LogP) is 4.40. The Balaban J connectivity index is 1.56. The minimum atomic E-state index is -0.537. The average molecular weight is 488 g/mol. The van der Waals surface area contributed by atoms with Gasteiger partial charge in [-0.05, 0) is 68.8 Å². The summed E-state index contributed by atoms with van der Waals surface area (Å²) in [5.74, 6) is 2.23. The molecule has 9 nitrogen and oxygen atoms in total. The summed E-state index contributed by atoms with van der Waals surface area (Å²) < 4.78 is 12.1. The molecule has 0 fully saturated rings. The molecule has 2 N–H and O–H groups in total. The van der Waals surface area contributed by atoms with Crippen LogP contribution in [0.1, 0.15) is 18.2 Å². The Morgan fingerprint density at radius 1 is 1.08 bits per heavy atom. The van der Waals surface area contributed by atoms with Gasteiger partial charge in [0.25, 0.3) is 0 Å². The van der Waals surface area contributed by atoms with Crippen LogP contribution in [0.5, 0.6) is 17.2 Å². The van der Waals surface area contributed by atoms with Gasteiger partial charge in [0.2, 0.25) is 5.91 Å². The van der Waals surface area contributed by atoms with Crippen molar-refractivity contribution in [1.82, 2.24) is 19.9 Å². The molecular weight excluding hydrogens is 458 g/mol. The zero-order chi connectivity index (χ0) is 25.7. The summed E-state index contributed by atoms with van der Waals surface area (Å²) in [4.78, 5) is 26.3. The molecule has 1 unspecified atom stereocenters. The average Bonchev–Trinajstić information content (AvgIpc) is 2.86. The van der Waals surface area contributed by atoms with E-state index in [0.717, 1.165) is 33.6 Å². The number of anilines is 2. The van der Waals surface area contributed by atoms with E-state index in [1.807, 2.05) is 69.3 Å². The van der Waals surface area contributed by atoms with Gasteiger partial charge >= 0.3 is 0 Å². The van der Waals surface area contributed by atoms with E-state index >= 15 is 0 Å². The molecule has 2 aromatic carbocycles. The first-order valence-electron chi connectivity index (χ1n) is 11.6. The summed E-state index contributed by atoms with van der Waals surface area (Å²) in [7, 11) is 1.63. The van der Waals surface area contributed by atoms with Gasteiger partial charge in [0, 0.05) is 18.4 Å². The lowest BCUT2D eigenvalue weighted by atomic mass is 10.1. The fourth-order valence-corrected chi connectivity index (χ4v) is 3.75. The van der Waals surface area contributed by atoms with Crippen molar-refractivity contribution in [3.05, 3.63) is 72.3 Å². The Morgan fingerprint density at radius 2 is 1.92 bits per heavy atom. The van der Waals surface area contributed by atoms with Crippen LogP contribution in [0.3, 0.4) is 0 Å². The molecule has 0 bridgehead atoms. The number of hydrogen-bond donors (Lipinski definition) is 2. The van der Waals surface area contributed by atoms with Gasteiger partial charge in [-0.25, -0.2) is 9.97 Å². The molecule has 1 atom stereocenters. The zero-order valence-electron chi connectivity index (χ0n) is 20.7. The van der Waals surface area contributed by atoms with Gasteiger partial charge in [0.15, 0.2) is 0 Å². The van der Waals surface area contributed by atoms with Crippen molar-refractivity contribution in [1.29, 1.82) is 0 Å². The first-order valence-corrected chi connectivity index (χ1v) is 11.6. The topological polar surface area (TPSA) is 110 Å². The standard InChI is InChI=1S/C27H29N5O4/c1-17-12-20(9-11-23(17)36-21-10-8-18(2)28-13-21)31-27-26-22(29-16-30-27)6-5-7-24(26)35-19(3)14-32(4)25(34)15-33/h5-13,16,19,33H,14-15H2,1-4H3,(H,29,30,31). The largest absolute Gasteiger partial charge is 0.488 e. The Labute approximate surface area is 209 Å². The number of aryl methyl sites for hydroxylation is 2. The van der Waals surface area contributed by atoms with E-state index in [0.29, 0.717) is 23.9 Å². The van der Waals surface area contributed by atoms with Gasteiger partial charge in [-0.2, -0.15) is 0 Å². The minimum absolute atomic E-state index is 0.320. The van der Waals surface area contributed by atoms with E-state index in [9.17, 15) is 4.79 Å². The number of aliphatic hydroxyl groups excluding tert-OH is 1. The van der Waals surface area contributed by atoms with E-state index in [4.69, 9.17) is 14.6 Å². The molecule has 0 saturated carbocycles. The van der Waals surface area contributed by atoms with Gasteiger partial charge in [0.05, 0.1) is 23.6 Å². The van der Waals surface area contributed by atoms with E-state index in [2.05, 4.69) is 20.3 Å². The van der Waals surface area contributed by atoms with Crippen molar-refractivity contribution >= 4 is 28.3 Å². The first kappa shape index (κ1) is 24.9. The number of carbonyl (C=O) groups excluding carboxylic acids is 1. The third kappa shape index (κ3) is 5.87. The van der Waals surface area contributed by atoms with Gasteiger partial charge < -0.3 is 24.8 Å². The van der Waals surface area contributed by atoms with Gasteiger partial charge in [0.1, 0.15) is 42.1 Å². The molecular formula is C27H29N5O4. The highest BCUT2D eigenvalue weighted by Crippen LogP contribution is 2.33. The van der Waals surface area contributed by atoms with Crippen LogP contribution < -0.4 is 14.8 Å². The number of nitrogens with one attached hydrogen (secondary N) is 1. The van der Waals surface area contributed by atoms with E-state index in [1.54, 1.807) is 13.2 Å². The number of aromatic nitrogens is 3. The van der Waals surface area contributed by atoms with Crippen LogP contribution in [0.4, 0.5) is 11.5 Å². The molecule has 9 heteroatoms. The molecule has 1 amide bonds. The predicted molar refractivity (Wildman–Crippen MR) is 138 cm³/mol. The maximum Gasteiger partial charge on any atom is 0.248 e. The molecule has 0 aliphatic carbocycles. The molecule has 0 aliphatic heterocycles. The normalized spacial score (nSPS) is 11.7. The highest BCUT2D eigenvalue weighted by atomic mass is 16.5. The number of nitrogens with zero attached hydrogens (tertiary/aromatic N) is 4. The quantitative estimate of drug-likeness (QED) is 0.358. The van der Waals surface area contributed by atoms with Crippen LogP contribution in [-0.2, 0) is 4.79 Å². The second-order valence-electron chi connectivity index (χ2n) is 8.58. The van der Waals surface area contributed by atoms with Crippen molar-refractivity contribution in [2.75, 3.05) is 25.5 Å². The molecule has 0 aliphatic rings. The summed E-state index contributed by atoms with van der Waals surface area (Å²) >= 11 is 0. The summed E-state index contributed by atoms with van der Waals surface area (Å²) in [5.41, 5.74) is 3.43. The number of likely N-dealkylation sites (N-methyl/N-ethyl adjacent to an activating group) is 1. The monoisotopic (exact) mass is 487 g/mol. The van der Waals surface area contributed by atoms with Crippen LogP contribution in [0.25, 0.3) is 10.9 Å². The van der Waals surface area contributed by atoms with Crippen molar-refractivity contribution in [3.63, 3.8) is 0 Å². The number of pyridine rings is 1. The zero-order valence-corrected chi connectivity index (χ0v) is 20.7. The number of amides is 1. The molecule has 36 heavy (non-hydrogen) atoms. The van der Waals surface area contributed by atoms with E-state index < -0.39 is 6.61 Å². The number of benzene rings is 2. The van der Waals surface area contributed by atoms with Crippen molar-refractivity contribution in [2.45, 2.75) is 26.9 Å². The lowest BCUT2D eigenvalue weighted by Gasteiger charge is -2.23. The van der Waals surface area contributed by atoms with Crippen molar-refractivity contribution in [3.8, 4) is 17.2 Å². The third-order valence-electron chi connectivity index (χ3n) is 5.59. The van der Waals surface area contributed by atoms with Crippen LogP contribution in [0.15, 0.2) is 61.1 Å². The molecule has 4 aromatic rings. The van der Waals surface area contributed by atoms with Crippen molar-refractivity contribution < 1.29 is 19.4 Å². The van der Waals surface area contributed by atoms with Gasteiger partial charge in [-0.1, -0.05) is 6.07 Å². The minimum Gasteiger partial charge on any atom is -0.488 e. The van der Waals surface area contributed by atoms with Gasteiger partial charge in [-0.3, -0.25) is 9.78 Å². The van der Waals surface area contributed by atoms with Crippen LogP contribution >= 0.6 is 0 Å². The molecule has 2 heterocycles. The molecule has 2 aromatic heterocycles. The molecule has 186 valence electrons. The highest BCUT2D eigenvalue weighted by molar-refractivity contribution is 5.95. The lowest BCUT2D eigenvalue weighted by Crippen LogP contribution is -2.37. The smallest absolute Gasteiger partial charge is 0.248 e. The molecule has 0 radical (unpaired) electrons. The highest BCUT2D eigenvalue weighted by Gasteiger charge is 2.16. The second kappa shape index (κ2) is 11.0. The summed E-state index contributed by atoms with van der Waals surface area (Å²) in [6.07, 6.45) is 2.88. The Hall–Kier alpha value is -4.24. The summed E-state index contributed by atoms with van der Waals surface area (Å²) in [6, 6.07) is 15.2. The van der Waals surface area contributed by atoms with E-state index in [1.165, 1.54) is 11.2 Å². The number of carbonyl (C=O) groups is 1. The van der Waals surface area contributed by atoms with Crippen molar-refractivity contribution in [2.24, 2.45) is 0 Å². The Morgan fingerprint density at radius 3 is 2.64 bits per heavy atom. The number of hydrogen-bond acceptors (Lipinski definition) is 8. The fraction of sp³-hybridized carbons (Fsp3) is 0.259. The SMILES string of the molecule is Cc1ccc(Oc2ccc(Nc3ncnc4cccc(OC(C)CN(C)C(=O)CO)c34)cc2C)cn1. The number of aliphatic hydroxyl groups is 1. The lowest BCUT2D eigenvalue weighted by molar-refractivity contribution is -0.133. The Bertz CT molecular complexity index is 1360. The van der Waals surface area contributed by atoms with Crippen LogP contribution in [-0.4, -0.2) is 57.2 Å². The van der Waals surface area contributed by atoms with Crippen LogP contribution in [0, 0.1) is 13.8 Å². The van der Waals surface area contributed by atoms with E-state index in [-0.39, 0.29) is 12.0 Å². The number of fused-ring (bicyclic) bond motifs is 1. The Kier molecular flexibility index (Phi) is 7.60. The second-order valence-corrected chi connectivity index (χ2v) is 8.58. The summed E-state index contributed by atoms with van der Waals surface area (Å²) in [5, 5.41) is 13.2. The molecule has 0 spiro atoms. The molecule has 0 saturated heterocycles. The van der Waals surface area contributed by atoms with Gasteiger partial charge in [-0.15, -0.1) is 0 Å². The van der Waals surface area contributed by atoms with Crippen LogP contribution in [0.2, 0.25) is 0 Å².